The summed E-state index contributed by atoms with van der Waals surface area (Å²) in [7, 11) is 0. The molecule has 2 aromatic carbocycles. The lowest BCUT2D eigenvalue weighted by Gasteiger charge is -2.08. The van der Waals surface area contributed by atoms with E-state index in [9.17, 15) is 9.90 Å². The molecule has 2 aromatic rings. The average Bonchev–Trinajstić information content (AvgIpc) is 3.32. The van der Waals surface area contributed by atoms with Crippen LogP contribution in [0.2, 0.25) is 0 Å². The molecule has 1 aliphatic rings. The lowest BCUT2D eigenvalue weighted by atomic mass is 10.0. The summed E-state index contributed by atoms with van der Waals surface area (Å²) in [6, 6.07) is 13.8. The maximum absolute atomic E-state index is 12.3. The Labute approximate surface area is 124 Å². The molecule has 0 amide bonds. The molecule has 0 saturated heterocycles. The first-order chi connectivity index (χ1) is 10.2. The Kier molecular flexibility index (Phi) is 3.91. The molecule has 0 aromatic heterocycles. The van der Waals surface area contributed by atoms with Crippen LogP contribution in [-0.4, -0.2) is 17.5 Å². The van der Waals surface area contributed by atoms with Crippen molar-refractivity contribution in [3.8, 4) is 11.5 Å². The molecule has 1 saturated carbocycles. The van der Waals surface area contributed by atoms with E-state index in [1.165, 1.54) is 18.9 Å². The Morgan fingerprint density at radius 2 is 1.90 bits per heavy atom. The topological polar surface area (TPSA) is 46.5 Å². The van der Waals surface area contributed by atoms with E-state index in [0.29, 0.717) is 23.5 Å². The zero-order valence-electron chi connectivity index (χ0n) is 11.8. The van der Waals surface area contributed by atoms with Gasteiger partial charge in [0.2, 0.25) is 0 Å². The van der Waals surface area contributed by atoms with E-state index in [0.717, 1.165) is 12.3 Å². The molecule has 1 aliphatic carbocycles. The summed E-state index contributed by atoms with van der Waals surface area (Å²) in [6.07, 6.45) is 3.67. The summed E-state index contributed by atoms with van der Waals surface area (Å²) in [5, 5.41) is 10.0. The van der Waals surface area contributed by atoms with Gasteiger partial charge in [0, 0.05) is 11.6 Å². The van der Waals surface area contributed by atoms with Gasteiger partial charge in [-0.3, -0.25) is 4.79 Å². The van der Waals surface area contributed by atoms with Crippen molar-refractivity contribution in [1.29, 1.82) is 0 Å². The zero-order valence-corrected chi connectivity index (χ0v) is 11.8. The van der Waals surface area contributed by atoms with Crippen molar-refractivity contribution in [2.45, 2.75) is 19.3 Å². The third-order valence-electron chi connectivity index (χ3n) is 3.74. The summed E-state index contributed by atoms with van der Waals surface area (Å²) in [4.78, 5) is 12.3. The highest BCUT2D eigenvalue weighted by Gasteiger charge is 2.21. The average molecular weight is 282 g/mol. The molecule has 0 atom stereocenters. The molecule has 3 rings (SSSR count). The number of rotatable bonds is 6. The van der Waals surface area contributed by atoms with Crippen molar-refractivity contribution >= 4 is 5.78 Å². The molecule has 0 aliphatic heterocycles. The van der Waals surface area contributed by atoms with Gasteiger partial charge < -0.3 is 9.84 Å². The first kappa shape index (κ1) is 13.7. The predicted octanol–water partition coefficient (Wildman–Crippen LogP) is 3.80. The lowest BCUT2D eigenvalue weighted by molar-refractivity contribution is 0.103. The van der Waals surface area contributed by atoms with Gasteiger partial charge in [0.15, 0.2) is 5.78 Å². The minimum atomic E-state index is -0.183. The maximum Gasteiger partial charge on any atom is 0.196 e. The molecule has 108 valence electrons. The van der Waals surface area contributed by atoms with Gasteiger partial charge >= 0.3 is 0 Å². The monoisotopic (exact) mass is 282 g/mol. The Morgan fingerprint density at radius 3 is 2.57 bits per heavy atom. The van der Waals surface area contributed by atoms with E-state index >= 15 is 0 Å². The molecule has 0 unspecified atom stereocenters. The molecule has 3 heteroatoms. The van der Waals surface area contributed by atoms with E-state index in [2.05, 4.69) is 0 Å². The summed E-state index contributed by atoms with van der Waals surface area (Å²) >= 11 is 0. The van der Waals surface area contributed by atoms with Crippen molar-refractivity contribution < 1.29 is 14.6 Å². The van der Waals surface area contributed by atoms with Gasteiger partial charge in [-0.15, -0.1) is 0 Å². The Balaban J connectivity index is 1.69. The third-order valence-corrected chi connectivity index (χ3v) is 3.74. The highest BCUT2D eigenvalue weighted by Crippen LogP contribution is 2.32. The van der Waals surface area contributed by atoms with Gasteiger partial charge in [-0.1, -0.05) is 43.2 Å². The fourth-order valence-electron chi connectivity index (χ4n) is 2.29. The first-order valence-electron chi connectivity index (χ1n) is 7.29. The normalized spacial score (nSPS) is 13.9. The fraction of sp³-hybridized carbons (Fsp3) is 0.278. The predicted molar refractivity (Wildman–Crippen MR) is 80.8 cm³/mol. The van der Waals surface area contributed by atoms with Gasteiger partial charge in [0.25, 0.3) is 0 Å². The second kappa shape index (κ2) is 6.00. The molecule has 21 heavy (non-hydrogen) atoms. The number of hydrogen-bond acceptors (Lipinski definition) is 3. The SMILES string of the molecule is O=C(c1ccccc1)c1ccc(OCCC2CC2)cc1O. The molecule has 1 N–H and O–H groups in total. The van der Waals surface area contributed by atoms with Crippen LogP contribution in [0.25, 0.3) is 0 Å². The molecule has 1 fully saturated rings. The molecule has 0 heterocycles. The number of carbonyl (C=O) groups excluding carboxylic acids is 1. The minimum absolute atomic E-state index is 0.0345. The summed E-state index contributed by atoms with van der Waals surface area (Å²) in [5.74, 6) is 1.21. The molecule has 0 radical (unpaired) electrons. The number of carbonyl (C=O) groups is 1. The number of benzene rings is 2. The second-order valence-corrected chi connectivity index (χ2v) is 5.45. The van der Waals surface area contributed by atoms with E-state index in [1.807, 2.05) is 6.07 Å². The molecule has 0 spiro atoms. The van der Waals surface area contributed by atoms with Gasteiger partial charge in [-0.05, 0) is 24.5 Å². The lowest BCUT2D eigenvalue weighted by Crippen LogP contribution is -2.02. The fourth-order valence-corrected chi connectivity index (χ4v) is 2.29. The summed E-state index contributed by atoms with van der Waals surface area (Å²) in [6.45, 7) is 0.663. The summed E-state index contributed by atoms with van der Waals surface area (Å²) < 4.78 is 5.61. The number of ether oxygens (including phenoxy) is 1. The van der Waals surface area contributed by atoms with Crippen LogP contribution in [0, 0.1) is 5.92 Å². The highest BCUT2D eigenvalue weighted by molar-refractivity contribution is 6.10. The van der Waals surface area contributed by atoms with Crippen molar-refractivity contribution in [3.63, 3.8) is 0 Å². The zero-order chi connectivity index (χ0) is 14.7. The Bertz CT molecular complexity index is 630. The molecular formula is C18H18O3. The number of aromatic hydroxyl groups is 1. The van der Waals surface area contributed by atoms with Gasteiger partial charge in [-0.2, -0.15) is 0 Å². The van der Waals surface area contributed by atoms with E-state index in [4.69, 9.17) is 4.74 Å². The highest BCUT2D eigenvalue weighted by atomic mass is 16.5. The van der Waals surface area contributed by atoms with Crippen LogP contribution in [0.15, 0.2) is 48.5 Å². The van der Waals surface area contributed by atoms with Crippen molar-refractivity contribution in [3.05, 3.63) is 59.7 Å². The standard InChI is InChI=1S/C18H18O3/c19-17-12-15(21-11-10-13-6-7-13)8-9-16(17)18(20)14-4-2-1-3-5-14/h1-5,8-9,12-13,19H,6-7,10-11H2. The number of phenols is 1. The second-order valence-electron chi connectivity index (χ2n) is 5.45. The minimum Gasteiger partial charge on any atom is -0.507 e. The van der Waals surface area contributed by atoms with Crippen LogP contribution >= 0.6 is 0 Å². The quantitative estimate of drug-likeness (QED) is 0.820. The molecule has 0 bridgehead atoms. The number of phenolic OH excluding ortho intramolecular Hbond substituents is 1. The van der Waals surface area contributed by atoms with E-state index < -0.39 is 0 Å². The van der Waals surface area contributed by atoms with Crippen molar-refractivity contribution in [1.82, 2.24) is 0 Å². The smallest absolute Gasteiger partial charge is 0.196 e. The maximum atomic E-state index is 12.3. The number of ketones is 1. The van der Waals surface area contributed by atoms with Crippen molar-refractivity contribution in [2.24, 2.45) is 5.92 Å². The van der Waals surface area contributed by atoms with Crippen LogP contribution in [0.5, 0.6) is 11.5 Å². The third kappa shape index (κ3) is 3.43. The molecular weight excluding hydrogens is 264 g/mol. The van der Waals surface area contributed by atoms with E-state index in [1.54, 1.807) is 36.4 Å². The van der Waals surface area contributed by atoms with Crippen LogP contribution in [0.3, 0.4) is 0 Å². The van der Waals surface area contributed by atoms with Crippen LogP contribution in [0.1, 0.15) is 35.2 Å². The largest absolute Gasteiger partial charge is 0.507 e. The van der Waals surface area contributed by atoms with Crippen molar-refractivity contribution in [2.75, 3.05) is 6.61 Å². The number of hydrogen-bond donors (Lipinski definition) is 1. The molecule has 3 nitrogen and oxygen atoms in total. The first-order valence-corrected chi connectivity index (χ1v) is 7.29. The Morgan fingerprint density at radius 1 is 1.14 bits per heavy atom. The summed E-state index contributed by atoms with van der Waals surface area (Å²) in [5.41, 5.74) is 0.867. The van der Waals surface area contributed by atoms with Crippen LogP contribution < -0.4 is 4.74 Å². The van der Waals surface area contributed by atoms with Gasteiger partial charge in [0.05, 0.1) is 12.2 Å². The Hall–Kier alpha value is -2.29. The van der Waals surface area contributed by atoms with Gasteiger partial charge in [-0.25, -0.2) is 0 Å². The van der Waals surface area contributed by atoms with Gasteiger partial charge in [0.1, 0.15) is 11.5 Å². The van der Waals surface area contributed by atoms with Crippen LogP contribution in [-0.2, 0) is 0 Å². The van der Waals surface area contributed by atoms with Crippen LogP contribution in [0.4, 0.5) is 0 Å². The van der Waals surface area contributed by atoms with E-state index in [-0.39, 0.29) is 11.5 Å².